The fraction of sp³-hybridized carbons (Fsp3) is 0.571. The molecule has 0 spiro atoms. The molecule has 0 bridgehead atoms. The molecule has 3 N–H and O–H groups in total. The molecule has 1 aromatic carbocycles. The Morgan fingerprint density at radius 3 is 2.53 bits per heavy atom. The van der Waals surface area contributed by atoms with E-state index in [2.05, 4.69) is 24.3 Å². The first-order valence-corrected chi connectivity index (χ1v) is 6.70. The van der Waals surface area contributed by atoms with Gasteiger partial charge in [0.1, 0.15) is 0 Å². The van der Waals surface area contributed by atoms with Crippen LogP contribution >= 0.6 is 0 Å². The summed E-state index contributed by atoms with van der Waals surface area (Å²) in [7, 11) is 4.55. The van der Waals surface area contributed by atoms with Crippen LogP contribution in [0.4, 0.5) is 11.4 Å². The summed E-state index contributed by atoms with van der Waals surface area (Å²) in [6, 6.07) is 7.97. The van der Waals surface area contributed by atoms with E-state index in [-0.39, 0.29) is 12.4 Å². The lowest BCUT2D eigenvalue weighted by Gasteiger charge is -2.41. The molecule has 2 rings (SSSR count). The van der Waals surface area contributed by atoms with Crippen molar-refractivity contribution in [3.8, 4) is 0 Å². The van der Waals surface area contributed by atoms with Gasteiger partial charge in [0.2, 0.25) is 0 Å². The first-order valence-electron chi connectivity index (χ1n) is 6.70. The van der Waals surface area contributed by atoms with Crippen LogP contribution in [0.3, 0.4) is 0 Å². The van der Waals surface area contributed by atoms with Gasteiger partial charge in [-0.1, -0.05) is 12.1 Å². The number of anilines is 2. The molecule has 0 aliphatic carbocycles. The number of hydrogen-bond acceptors (Lipinski definition) is 3. The van der Waals surface area contributed by atoms with Crippen LogP contribution in [0.2, 0.25) is 0 Å². The monoisotopic (exact) mass is 284 g/mol. The van der Waals surface area contributed by atoms with Gasteiger partial charge in [-0.05, 0) is 19.2 Å². The standard InChI is InChI=1S/C14H25N4.ClH/c1-17-8-11-18(2,12-9-17)10-7-16-14-6-4-3-5-13(14)15;/h3-6,16H,7-12,15H2,1-2H3;1H/q+1;/p-1. The van der Waals surface area contributed by atoms with E-state index in [1.165, 1.54) is 26.2 Å². The van der Waals surface area contributed by atoms with Crippen molar-refractivity contribution in [3.05, 3.63) is 24.3 Å². The number of benzene rings is 1. The van der Waals surface area contributed by atoms with Gasteiger partial charge in [-0.15, -0.1) is 0 Å². The SMILES string of the molecule is CN1CC[N+](C)(CCNc2ccccc2N)CC1.[Cl-]. The molecule has 0 unspecified atom stereocenters. The molecule has 1 saturated heterocycles. The quantitative estimate of drug-likeness (QED) is 0.500. The van der Waals surface area contributed by atoms with Crippen molar-refractivity contribution < 1.29 is 16.9 Å². The van der Waals surface area contributed by atoms with E-state index in [0.29, 0.717) is 0 Å². The third-order valence-electron chi connectivity index (χ3n) is 3.97. The number of nitrogens with one attached hydrogen (secondary N) is 1. The number of para-hydroxylation sites is 2. The van der Waals surface area contributed by atoms with Crippen LogP contribution in [0.25, 0.3) is 0 Å². The number of piperazine rings is 1. The minimum Gasteiger partial charge on any atom is -1.00 e. The van der Waals surface area contributed by atoms with Gasteiger partial charge in [-0.3, -0.25) is 4.90 Å². The number of nitrogens with two attached hydrogens (primary N) is 1. The molecule has 1 fully saturated rings. The molecule has 0 radical (unpaired) electrons. The number of rotatable bonds is 4. The van der Waals surface area contributed by atoms with Gasteiger partial charge in [0.05, 0.1) is 44.6 Å². The maximum atomic E-state index is 5.92. The average Bonchev–Trinajstić information content (AvgIpc) is 2.36. The molecule has 0 amide bonds. The molecule has 19 heavy (non-hydrogen) atoms. The summed E-state index contributed by atoms with van der Waals surface area (Å²) >= 11 is 0. The second-order valence-electron chi connectivity index (χ2n) is 5.61. The van der Waals surface area contributed by atoms with Crippen LogP contribution in [-0.2, 0) is 0 Å². The highest BCUT2D eigenvalue weighted by atomic mass is 35.5. The number of hydrogen-bond donors (Lipinski definition) is 2. The second-order valence-corrected chi connectivity index (χ2v) is 5.61. The molecule has 0 saturated carbocycles. The molecule has 0 aromatic heterocycles. The van der Waals surface area contributed by atoms with Crippen LogP contribution in [0.15, 0.2) is 24.3 Å². The van der Waals surface area contributed by atoms with E-state index in [1.54, 1.807) is 0 Å². The summed E-state index contributed by atoms with van der Waals surface area (Å²) in [5.74, 6) is 0. The lowest BCUT2D eigenvalue weighted by molar-refractivity contribution is -0.911. The Hall–Kier alpha value is -0.970. The molecule has 0 atom stereocenters. The summed E-state index contributed by atoms with van der Waals surface area (Å²) < 4.78 is 1.16. The topological polar surface area (TPSA) is 41.3 Å². The number of quaternary nitrogens is 1. The fourth-order valence-corrected chi connectivity index (χ4v) is 2.39. The molecule has 108 valence electrons. The third-order valence-corrected chi connectivity index (χ3v) is 3.97. The lowest BCUT2D eigenvalue weighted by atomic mass is 10.2. The largest absolute Gasteiger partial charge is 1.00 e. The number of likely N-dealkylation sites (N-methyl/N-ethyl adjacent to an activating group) is 2. The van der Waals surface area contributed by atoms with E-state index in [4.69, 9.17) is 5.73 Å². The van der Waals surface area contributed by atoms with Crippen molar-refractivity contribution in [2.75, 3.05) is 64.4 Å². The average molecular weight is 285 g/mol. The van der Waals surface area contributed by atoms with E-state index in [1.807, 2.05) is 24.3 Å². The highest BCUT2D eigenvalue weighted by Gasteiger charge is 2.26. The zero-order valence-electron chi connectivity index (χ0n) is 11.9. The van der Waals surface area contributed by atoms with Crippen LogP contribution in [0, 0.1) is 0 Å². The highest BCUT2D eigenvalue weighted by Crippen LogP contribution is 2.16. The van der Waals surface area contributed by atoms with E-state index in [9.17, 15) is 0 Å². The van der Waals surface area contributed by atoms with Gasteiger partial charge in [0, 0.05) is 13.1 Å². The Morgan fingerprint density at radius 2 is 1.89 bits per heavy atom. The molecular formula is C14H25ClN4. The summed E-state index contributed by atoms with van der Waals surface area (Å²) in [5, 5.41) is 3.44. The first kappa shape index (κ1) is 16.1. The maximum absolute atomic E-state index is 5.92. The van der Waals surface area contributed by atoms with E-state index in [0.717, 1.165) is 28.9 Å². The Kier molecular flexibility index (Phi) is 5.91. The highest BCUT2D eigenvalue weighted by molar-refractivity contribution is 5.65. The Bertz CT molecular complexity index is 389. The molecule has 4 nitrogen and oxygen atoms in total. The number of nitrogen functional groups attached to an aromatic ring is 1. The van der Waals surface area contributed by atoms with Crippen molar-refractivity contribution in [1.82, 2.24) is 4.90 Å². The summed E-state index contributed by atoms with van der Waals surface area (Å²) in [5.41, 5.74) is 7.80. The fourth-order valence-electron chi connectivity index (χ4n) is 2.39. The second kappa shape index (κ2) is 6.98. The van der Waals surface area contributed by atoms with E-state index >= 15 is 0 Å². The lowest BCUT2D eigenvalue weighted by Crippen LogP contribution is -3.00. The van der Waals surface area contributed by atoms with Gasteiger partial charge in [0.15, 0.2) is 0 Å². The molecule has 1 aromatic rings. The van der Waals surface area contributed by atoms with Crippen molar-refractivity contribution in [2.45, 2.75) is 0 Å². The van der Waals surface area contributed by atoms with Gasteiger partial charge in [0.25, 0.3) is 0 Å². The molecule has 1 heterocycles. The normalized spacial score (nSPS) is 18.6. The summed E-state index contributed by atoms with van der Waals surface area (Å²) in [6.45, 7) is 7.01. The zero-order valence-corrected chi connectivity index (χ0v) is 12.7. The van der Waals surface area contributed by atoms with Crippen LogP contribution in [0.5, 0.6) is 0 Å². The summed E-state index contributed by atoms with van der Waals surface area (Å²) in [6.07, 6.45) is 0. The Morgan fingerprint density at radius 1 is 1.26 bits per heavy atom. The van der Waals surface area contributed by atoms with Gasteiger partial charge in [-0.25, -0.2) is 0 Å². The van der Waals surface area contributed by atoms with Gasteiger partial charge < -0.3 is 27.9 Å². The zero-order chi connectivity index (χ0) is 13.0. The molecule has 5 heteroatoms. The predicted molar refractivity (Wildman–Crippen MR) is 77.6 cm³/mol. The van der Waals surface area contributed by atoms with Crippen LogP contribution < -0.4 is 23.5 Å². The maximum Gasteiger partial charge on any atom is 0.0960 e. The number of nitrogens with zero attached hydrogens (tertiary/aromatic N) is 2. The van der Waals surface area contributed by atoms with Crippen molar-refractivity contribution >= 4 is 11.4 Å². The van der Waals surface area contributed by atoms with Gasteiger partial charge >= 0.3 is 0 Å². The predicted octanol–water partition coefficient (Wildman–Crippen LogP) is -1.92. The minimum absolute atomic E-state index is 0. The summed E-state index contributed by atoms with van der Waals surface area (Å²) in [4.78, 5) is 2.41. The van der Waals surface area contributed by atoms with E-state index < -0.39 is 0 Å². The van der Waals surface area contributed by atoms with Gasteiger partial charge in [-0.2, -0.15) is 0 Å². The minimum atomic E-state index is 0. The van der Waals surface area contributed by atoms with Crippen molar-refractivity contribution in [3.63, 3.8) is 0 Å². The molecular weight excluding hydrogens is 260 g/mol. The van der Waals surface area contributed by atoms with Crippen molar-refractivity contribution in [2.24, 2.45) is 0 Å². The van der Waals surface area contributed by atoms with Crippen molar-refractivity contribution in [1.29, 1.82) is 0 Å². The molecule has 1 aliphatic heterocycles. The smallest absolute Gasteiger partial charge is 0.0960 e. The Balaban J connectivity index is 0.00000180. The third kappa shape index (κ3) is 4.56. The van der Waals surface area contributed by atoms with Crippen LogP contribution in [-0.4, -0.2) is 62.7 Å². The Labute approximate surface area is 122 Å². The first-order chi connectivity index (χ1) is 8.59. The van der Waals surface area contributed by atoms with Crippen LogP contribution in [0.1, 0.15) is 0 Å². The molecule has 1 aliphatic rings. The number of halogens is 1.